The quantitative estimate of drug-likeness (QED) is 0.421. The number of thiocarbonyl (C=S) groups is 1. The molecule has 132 valence electrons. The lowest BCUT2D eigenvalue weighted by atomic mass is 9.46. The number of nitrogens with zero attached hydrogens (tertiary/aromatic N) is 1. The van der Waals surface area contributed by atoms with Gasteiger partial charge in [0.15, 0.2) is 5.11 Å². The standard InChI is InChI=1S/C20H31N3S/c1-19-11-4-3-5-13(19)6-7-14-15-8-9-17(22-23-18(21)24)20(15,2)12-10-16(14)19/h3-4,13-16H,5-12H2,1-2H3,(H3,21,23,24)/b22-17+/t13-,14+,15+,16-,19+,20+/m1/s1. The molecule has 3 nitrogen and oxygen atoms in total. The monoisotopic (exact) mass is 345 g/mol. The summed E-state index contributed by atoms with van der Waals surface area (Å²) in [6.45, 7) is 5.05. The van der Waals surface area contributed by atoms with Crippen LogP contribution >= 0.6 is 12.2 Å². The van der Waals surface area contributed by atoms with Crippen molar-refractivity contribution in [3.8, 4) is 0 Å². The van der Waals surface area contributed by atoms with Crippen LogP contribution in [0.25, 0.3) is 0 Å². The van der Waals surface area contributed by atoms with Crippen molar-refractivity contribution in [1.29, 1.82) is 0 Å². The van der Waals surface area contributed by atoms with E-state index in [1.807, 2.05) is 0 Å². The van der Waals surface area contributed by atoms with Gasteiger partial charge in [0.2, 0.25) is 0 Å². The first-order chi connectivity index (χ1) is 11.4. The van der Waals surface area contributed by atoms with Crippen LogP contribution < -0.4 is 11.2 Å². The van der Waals surface area contributed by atoms with E-state index >= 15 is 0 Å². The molecule has 0 saturated heterocycles. The lowest BCUT2D eigenvalue weighted by molar-refractivity contribution is -0.0761. The van der Waals surface area contributed by atoms with Crippen molar-refractivity contribution < 1.29 is 0 Å². The third-order valence-electron chi connectivity index (χ3n) is 8.25. The molecule has 0 radical (unpaired) electrons. The maximum atomic E-state index is 5.59. The molecule has 0 aromatic rings. The fourth-order valence-electron chi connectivity index (χ4n) is 6.93. The molecule has 0 bridgehead atoms. The maximum absolute atomic E-state index is 5.59. The minimum absolute atomic E-state index is 0.257. The van der Waals surface area contributed by atoms with E-state index in [0.29, 0.717) is 5.41 Å². The predicted molar refractivity (Wildman–Crippen MR) is 104 cm³/mol. The Kier molecular flexibility index (Phi) is 4.02. The zero-order valence-electron chi connectivity index (χ0n) is 15.1. The van der Waals surface area contributed by atoms with E-state index in [0.717, 1.165) is 30.1 Å². The van der Waals surface area contributed by atoms with Gasteiger partial charge < -0.3 is 5.73 Å². The zero-order chi connectivity index (χ0) is 16.9. The van der Waals surface area contributed by atoms with Crippen molar-refractivity contribution >= 4 is 23.0 Å². The Morgan fingerprint density at radius 3 is 2.83 bits per heavy atom. The van der Waals surface area contributed by atoms with Crippen molar-refractivity contribution in [3.05, 3.63) is 12.2 Å². The van der Waals surface area contributed by atoms with Crippen molar-refractivity contribution in [1.82, 2.24) is 5.43 Å². The van der Waals surface area contributed by atoms with Gasteiger partial charge in [0.1, 0.15) is 0 Å². The molecule has 0 aromatic heterocycles. The Morgan fingerprint density at radius 1 is 1.21 bits per heavy atom. The topological polar surface area (TPSA) is 50.4 Å². The molecule has 0 aliphatic heterocycles. The van der Waals surface area contributed by atoms with Crippen molar-refractivity contribution in [2.24, 2.45) is 45.3 Å². The second-order valence-electron chi connectivity index (χ2n) is 9.10. The van der Waals surface area contributed by atoms with E-state index in [-0.39, 0.29) is 10.5 Å². The molecule has 4 heteroatoms. The maximum Gasteiger partial charge on any atom is 0.184 e. The number of allylic oxidation sites excluding steroid dienone is 2. The van der Waals surface area contributed by atoms with E-state index in [2.05, 4.69) is 36.5 Å². The molecule has 4 aliphatic rings. The summed E-state index contributed by atoms with van der Waals surface area (Å²) in [5, 5.41) is 4.89. The normalized spacial score (nSPS) is 48.5. The summed E-state index contributed by atoms with van der Waals surface area (Å²) in [5.41, 5.74) is 10.6. The molecule has 3 N–H and O–H groups in total. The minimum Gasteiger partial charge on any atom is -0.375 e. The van der Waals surface area contributed by atoms with Gasteiger partial charge in [0.25, 0.3) is 0 Å². The molecule has 24 heavy (non-hydrogen) atoms. The van der Waals surface area contributed by atoms with E-state index in [4.69, 9.17) is 18.0 Å². The highest BCUT2D eigenvalue weighted by molar-refractivity contribution is 7.80. The van der Waals surface area contributed by atoms with E-state index in [1.165, 1.54) is 50.7 Å². The van der Waals surface area contributed by atoms with Crippen LogP contribution in [0.5, 0.6) is 0 Å². The van der Waals surface area contributed by atoms with Crippen LogP contribution in [0.4, 0.5) is 0 Å². The lowest BCUT2D eigenvalue weighted by Crippen LogP contribution is -2.52. The van der Waals surface area contributed by atoms with Gasteiger partial charge in [-0.3, -0.25) is 5.43 Å². The number of hydrogen-bond donors (Lipinski definition) is 2. The molecule has 0 unspecified atom stereocenters. The van der Waals surface area contributed by atoms with Crippen LogP contribution in [0.1, 0.15) is 65.2 Å². The van der Waals surface area contributed by atoms with Crippen molar-refractivity contribution in [2.45, 2.75) is 65.2 Å². The second-order valence-corrected chi connectivity index (χ2v) is 9.54. The summed E-state index contributed by atoms with van der Waals surface area (Å²) in [4.78, 5) is 0. The SMILES string of the molecule is C[C@]12CC=CC[C@@H]1CC[C@@H]1[C@H]2CC[C@]2(C)/C(=N/NC(N)=S)CC[C@@H]12. The Bertz CT molecular complexity index is 598. The summed E-state index contributed by atoms with van der Waals surface area (Å²) in [5.74, 6) is 3.50. The van der Waals surface area contributed by atoms with Crippen LogP contribution in [0, 0.1) is 34.5 Å². The fraction of sp³-hybridized carbons (Fsp3) is 0.800. The number of hydrogen-bond acceptors (Lipinski definition) is 2. The van der Waals surface area contributed by atoms with Gasteiger partial charge in [-0.1, -0.05) is 26.0 Å². The van der Waals surface area contributed by atoms with Crippen LogP contribution in [0.2, 0.25) is 0 Å². The van der Waals surface area contributed by atoms with Gasteiger partial charge in [0, 0.05) is 11.1 Å². The number of hydrazone groups is 1. The first-order valence-corrected chi connectivity index (χ1v) is 10.1. The molecular formula is C20H31N3S. The number of rotatable bonds is 1. The van der Waals surface area contributed by atoms with E-state index < -0.39 is 0 Å². The average molecular weight is 346 g/mol. The van der Waals surface area contributed by atoms with E-state index in [1.54, 1.807) is 0 Å². The highest BCUT2D eigenvalue weighted by Gasteiger charge is 2.58. The Morgan fingerprint density at radius 2 is 2.04 bits per heavy atom. The van der Waals surface area contributed by atoms with Crippen molar-refractivity contribution in [3.63, 3.8) is 0 Å². The molecule has 0 amide bonds. The second kappa shape index (κ2) is 5.82. The molecule has 3 saturated carbocycles. The third-order valence-corrected chi connectivity index (χ3v) is 8.34. The summed E-state index contributed by atoms with van der Waals surface area (Å²) in [7, 11) is 0. The first-order valence-electron chi connectivity index (χ1n) is 9.72. The Labute approximate surface area is 151 Å². The number of fused-ring (bicyclic) bond motifs is 5. The summed E-state index contributed by atoms with van der Waals surface area (Å²) in [6, 6.07) is 0. The van der Waals surface area contributed by atoms with Crippen LogP contribution in [0.3, 0.4) is 0 Å². The molecule has 0 aromatic carbocycles. The minimum atomic E-state index is 0.257. The number of nitrogens with one attached hydrogen (secondary N) is 1. The van der Waals surface area contributed by atoms with Gasteiger partial charge in [-0.25, -0.2) is 0 Å². The molecule has 3 fully saturated rings. The molecule has 6 atom stereocenters. The third kappa shape index (κ3) is 2.36. The summed E-state index contributed by atoms with van der Waals surface area (Å²) < 4.78 is 0. The fourth-order valence-corrected chi connectivity index (χ4v) is 6.98. The average Bonchev–Trinajstić information content (AvgIpc) is 2.89. The summed E-state index contributed by atoms with van der Waals surface area (Å²) >= 11 is 4.94. The van der Waals surface area contributed by atoms with E-state index in [9.17, 15) is 0 Å². The number of nitrogens with two attached hydrogens (primary N) is 1. The van der Waals surface area contributed by atoms with Crippen LogP contribution in [-0.4, -0.2) is 10.8 Å². The molecule has 4 rings (SSSR count). The summed E-state index contributed by atoms with van der Waals surface area (Å²) in [6.07, 6.45) is 15.4. The Balaban J connectivity index is 1.60. The largest absolute Gasteiger partial charge is 0.375 e. The zero-order valence-corrected chi connectivity index (χ0v) is 15.9. The van der Waals surface area contributed by atoms with Crippen LogP contribution in [0.15, 0.2) is 17.3 Å². The lowest BCUT2D eigenvalue weighted by Gasteiger charge is -2.59. The molecule has 4 aliphatic carbocycles. The van der Waals surface area contributed by atoms with Gasteiger partial charge in [-0.15, -0.1) is 0 Å². The molecule has 0 heterocycles. The van der Waals surface area contributed by atoms with Crippen molar-refractivity contribution in [2.75, 3.05) is 0 Å². The highest BCUT2D eigenvalue weighted by atomic mass is 32.1. The van der Waals surface area contributed by atoms with Crippen LogP contribution in [-0.2, 0) is 0 Å². The van der Waals surface area contributed by atoms with Gasteiger partial charge in [0.05, 0.1) is 0 Å². The Hall–Kier alpha value is -0.900. The smallest absolute Gasteiger partial charge is 0.184 e. The van der Waals surface area contributed by atoms with Gasteiger partial charge in [-0.2, -0.15) is 5.10 Å². The molecular weight excluding hydrogens is 314 g/mol. The first kappa shape index (κ1) is 16.6. The highest BCUT2D eigenvalue weighted by Crippen LogP contribution is 2.64. The predicted octanol–water partition coefficient (Wildman–Crippen LogP) is 4.38. The molecule has 0 spiro atoms. The van der Waals surface area contributed by atoms with Gasteiger partial charge in [-0.05, 0) is 92.7 Å². The van der Waals surface area contributed by atoms with Gasteiger partial charge >= 0.3 is 0 Å².